The molecule has 0 amide bonds. The van der Waals surface area contributed by atoms with Gasteiger partial charge in [0.2, 0.25) is 0 Å². The molecule has 0 aromatic heterocycles. The van der Waals surface area contributed by atoms with Gasteiger partial charge in [-0.15, -0.1) is 0 Å². The molecule has 2 nitrogen and oxygen atoms in total. The van der Waals surface area contributed by atoms with E-state index in [0.29, 0.717) is 6.04 Å². The third kappa shape index (κ3) is 3.62. The van der Waals surface area contributed by atoms with Gasteiger partial charge >= 0.3 is 0 Å². The van der Waals surface area contributed by atoms with E-state index in [-0.39, 0.29) is 0 Å². The molecule has 1 fully saturated rings. The van der Waals surface area contributed by atoms with Gasteiger partial charge in [0.05, 0.1) is 0 Å². The standard InChI is InChI=1S/C18H30N2/c1-4-15-7-5-6-8-17(15)18(20-19)12-16-11-13(2)9-10-14(16)3/h9-11,15,17-18,20H,4-8,12,19H2,1-3H3. The highest BCUT2D eigenvalue weighted by Crippen LogP contribution is 2.35. The summed E-state index contributed by atoms with van der Waals surface area (Å²) in [6.45, 7) is 6.71. The highest BCUT2D eigenvalue weighted by molar-refractivity contribution is 5.31. The van der Waals surface area contributed by atoms with Crippen LogP contribution in [0.25, 0.3) is 0 Å². The van der Waals surface area contributed by atoms with Crippen LogP contribution in [0.4, 0.5) is 0 Å². The molecule has 1 aliphatic rings. The minimum absolute atomic E-state index is 0.417. The van der Waals surface area contributed by atoms with Gasteiger partial charge in [-0.3, -0.25) is 11.3 Å². The second-order valence-corrected chi connectivity index (χ2v) is 6.52. The Morgan fingerprint density at radius 3 is 2.70 bits per heavy atom. The lowest BCUT2D eigenvalue weighted by atomic mass is 9.72. The first kappa shape index (κ1) is 15.5. The average molecular weight is 274 g/mol. The zero-order chi connectivity index (χ0) is 14.5. The van der Waals surface area contributed by atoms with Crippen LogP contribution in [-0.4, -0.2) is 6.04 Å². The van der Waals surface area contributed by atoms with E-state index in [4.69, 9.17) is 5.84 Å². The number of hydrogen-bond donors (Lipinski definition) is 2. The summed E-state index contributed by atoms with van der Waals surface area (Å²) in [5.41, 5.74) is 7.32. The molecule has 3 N–H and O–H groups in total. The van der Waals surface area contributed by atoms with E-state index in [1.165, 1.54) is 48.8 Å². The van der Waals surface area contributed by atoms with Crippen LogP contribution in [0.5, 0.6) is 0 Å². The predicted octanol–water partition coefficient (Wildman–Crippen LogP) is 3.89. The lowest BCUT2D eigenvalue weighted by Gasteiger charge is -2.37. The molecule has 0 heterocycles. The smallest absolute Gasteiger partial charge is 0.0281 e. The summed E-state index contributed by atoms with van der Waals surface area (Å²) < 4.78 is 0. The molecule has 0 bridgehead atoms. The summed E-state index contributed by atoms with van der Waals surface area (Å²) in [6, 6.07) is 7.17. The Morgan fingerprint density at radius 1 is 1.25 bits per heavy atom. The minimum Gasteiger partial charge on any atom is -0.271 e. The molecule has 3 unspecified atom stereocenters. The van der Waals surface area contributed by atoms with E-state index in [1.807, 2.05) is 0 Å². The van der Waals surface area contributed by atoms with Gasteiger partial charge in [0, 0.05) is 6.04 Å². The quantitative estimate of drug-likeness (QED) is 0.631. The Kier molecular flexibility index (Phi) is 5.62. The van der Waals surface area contributed by atoms with Crippen LogP contribution in [0, 0.1) is 25.7 Å². The van der Waals surface area contributed by atoms with Crippen molar-refractivity contribution in [3.05, 3.63) is 34.9 Å². The molecule has 0 spiro atoms. The minimum atomic E-state index is 0.417. The van der Waals surface area contributed by atoms with Crippen molar-refractivity contribution in [1.82, 2.24) is 5.43 Å². The molecule has 2 rings (SSSR count). The van der Waals surface area contributed by atoms with Crippen LogP contribution < -0.4 is 11.3 Å². The van der Waals surface area contributed by atoms with Crippen molar-refractivity contribution < 1.29 is 0 Å². The van der Waals surface area contributed by atoms with Crippen LogP contribution in [0.15, 0.2) is 18.2 Å². The van der Waals surface area contributed by atoms with Gasteiger partial charge in [0.25, 0.3) is 0 Å². The molecule has 1 saturated carbocycles. The van der Waals surface area contributed by atoms with Gasteiger partial charge in [-0.25, -0.2) is 0 Å². The van der Waals surface area contributed by atoms with Crippen LogP contribution in [-0.2, 0) is 6.42 Å². The number of nitrogens with one attached hydrogen (secondary N) is 1. The third-order valence-corrected chi connectivity index (χ3v) is 5.17. The van der Waals surface area contributed by atoms with Crippen molar-refractivity contribution in [2.45, 2.75) is 65.3 Å². The normalized spacial score (nSPS) is 24.6. The molecule has 0 radical (unpaired) electrons. The van der Waals surface area contributed by atoms with Crippen molar-refractivity contribution in [2.75, 3.05) is 0 Å². The van der Waals surface area contributed by atoms with Crippen LogP contribution >= 0.6 is 0 Å². The zero-order valence-corrected chi connectivity index (χ0v) is 13.3. The Hall–Kier alpha value is -0.860. The SMILES string of the molecule is CCC1CCCCC1C(Cc1cc(C)ccc1C)NN. The van der Waals surface area contributed by atoms with E-state index in [2.05, 4.69) is 44.4 Å². The van der Waals surface area contributed by atoms with E-state index in [0.717, 1.165) is 18.3 Å². The Morgan fingerprint density at radius 2 is 2.00 bits per heavy atom. The van der Waals surface area contributed by atoms with E-state index in [1.54, 1.807) is 0 Å². The monoisotopic (exact) mass is 274 g/mol. The van der Waals surface area contributed by atoms with Crippen molar-refractivity contribution in [2.24, 2.45) is 17.7 Å². The van der Waals surface area contributed by atoms with E-state index < -0.39 is 0 Å². The molecule has 3 atom stereocenters. The fraction of sp³-hybridized carbons (Fsp3) is 0.667. The van der Waals surface area contributed by atoms with Gasteiger partial charge < -0.3 is 0 Å². The number of aryl methyl sites for hydroxylation is 2. The first-order valence-electron chi connectivity index (χ1n) is 8.18. The molecule has 2 heteroatoms. The summed E-state index contributed by atoms with van der Waals surface area (Å²) in [6.07, 6.45) is 7.83. The largest absolute Gasteiger partial charge is 0.271 e. The molecule has 112 valence electrons. The molecule has 1 aromatic rings. The lowest BCUT2D eigenvalue weighted by Crippen LogP contribution is -2.46. The van der Waals surface area contributed by atoms with Crippen molar-refractivity contribution in [3.8, 4) is 0 Å². The molecule has 1 aromatic carbocycles. The summed E-state index contributed by atoms with van der Waals surface area (Å²) in [5.74, 6) is 7.48. The van der Waals surface area contributed by atoms with Gasteiger partial charge in [0.15, 0.2) is 0 Å². The summed E-state index contributed by atoms with van der Waals surface area (Å²) in [7, 11) is 0. The topological polar surface area (TPSA) is 38.0 Å². The Balaban J connectivity index is 2.13. The highest BCUT2D eigenvalue weighted by Gasteiger charge is 2.30. The van der Waals surface area contributed by atoms with E-state index >= 15 is 0 Å². The van der Waals surface area contributed by atoms with Gasteiger partial charge in [0.1, 0.15) is 0 Å². The first-order chi connectivity index (χ1) is 9.65. The van der Waals surface area contributed by atoms with E-state index in [9.17, 15) is 0 Å². The maximum atomic E-state index is 5.91. The van der Waals surface area contributed by atoms with Crippen LogP contribution in [0.2, 0.25) is 0 Å². The van der Waals surface area contributed by atoms with Crippen LogP contribution in [0.1, 0.15) is 55.7 Å². The fourth-order valence-corrected chi connectivity index (χ4v) is 3.86. The molecular formula is C18H30N2. The molecule has 20 heavy (non-hydrogen) atoms. The molecular weight excluding hydrogens is 244 g/mol. The fourth-order valence-electron chi connectivity index (χ4n) is 3.86. The van der Waals surface area contributed by atoms with Crippen molar-refractivity contribution >= 4 is 0 Å². The summed E-state index contributed by atoms with van der Waals surface area (Å²) in [5, 5.41) is 0. The maximum Gasteiger partial charge on any atom is 0.0281 e. The summed E-state index contributed by atoms with van der Waals surface area (Å²) >= 11 is 0. The number of hydrazine groups is 1. The van der Waals surface area contributed by atoms with Gasteiger partial charge in [-0.2, -0.15) is 0 Å². The molecule has 0 aliphatic heterocycles. The predicted molar refractivity (Wildman–Crippen MR) is 86.5 cm³/mol. The Bertz CT molecular complexity index is 427. The number of nitrogens with two attached hydrogens (primary N) is 1. The maximum absolute atomic E-state index is 5.91. The zero-order valence-electron chi connectivity index (χ0n) is 13.3. The second-order valence-electron chi connectivity index (χ2n) is 6.52. The number of rotatable bonds is 5. The molecule has 1 aliphatic carbocycles. The van der Waals surface area contributed by atoms with Gasteiger partial charge in [-0.1, -0.05) is 56.4 Å². The number of hydrogen-bond acceptors (Lipinski definition) is 2. The van der Waals surface area contributed by atoms with Crippen molar-refractivity contribution in [1.29, 1.82) is 0 Å². The number of benzene rings is 1. The highest BCUT2D eigenvalue weighted by atomic mass is 15.2. The second kappa shape index (κ2) is 7.24. The lowest BCUT2D eigenvalue weighted by molar-refractivity contribution is 0.174. The van der Waals surface area contributed by atoms with Crippen LogP contribution in [0.3, 0.4) is 0 Å². The first-order valence-corrected chi connectivity index (χ1v) is 8.18. The van der Waals surface area contributed by atoms with Crippen molar-refractivity contribution in [3.63, 3.8) is 0 Å². The average Bonchev–Trinajstić information content (AvgIpc) is 2.48. The Labute approximate surface area is 124 Å². The van der Waals surface area contributed by atoms with Gasteiger partial charge in [-0.05, 0) is 49.7 Å². The third-order valence-electron chi connectivity index (χ3n) is 5.17. The summed E-state index contributed by atoms with van der Waals surface area (Å²) in [4.78, 5) is 0. The molecule has 0 saturated heterocycles.